The number of benzene rings is 1. The highest BCUT2D eigenvalue weighted by atomic mass is 16.5. The number of fused-ring (bicyclic) bond motifs is 1. The van der Waals surface area contributed by atoms with E-state index in [0.29, 0.717) is 19.8 Å². The molecular formula is C22H31N7O. The number of nitrogens with one attached hydrogen (secondary N) is 1. The molecule has 4 rings (SSSR count). The van der Waals surface area contributed by atoms with Gasteiger partial charge in [0.2, 0.25) is 5.95 Å². The number of aryl methyl sites for hydroxylation is 1. The average Bonchev–Trinajstić information content (AvgIpc) is 3.13. The number of anilines is 3. The Morgan fingerprint density at radius 1 is 1.13 bits per heavy atom. The maximum atomic E-state index is 6.10. The Bertz CT molecular complexity index is 965. The summed E-state index contributed by atoms with van der Waals surface area (Å²) in [7, 11) is 0. The van der Waals surface area contributed by atoms with Gasteiger partial charge in [0.05, 0.1) is 18.8 Å². The molecule has 1 aliphatic heterocycles. The summed E-state index contributed by atoms with van der Waals surface area (Å²) in [5.41, 5.74) is 9.90. The third-order valence-electron chi connectivity index (χ3n) is 5.49. The van der Waals surface area contributed by atoms with Crippen molar-refractivity contribution in [3.05, 3.63) is 36.0 Å². The summed E-state index contributed by atoms with van der Waals surface area (Å²) in [6, 6.07) is 10.4. The topological polar surface area (TPSA) is 94.1 Å². The fraction of sp³-hybridized carbons (Fsp3) is 0.500. The van der Waals surface area contributed by atoms with Crippen LogP contribution in [-0.4, -0.2) is 52.1 Å². The minimum atomic E-state index is 0.263. The van der Waals surface area contributed by atoms with Gasteiger partial charge in [-0.25, -0.2) is 4.98 Å². The molecule has 3 aromatic rings. The van der Waals surface area contributed by atoms with Gasteiger partial charge < -0.3 is 20.7 Å². The van der Waals surface area contributed by atoms with Gasteiger partial charge in [0.25, 0.3) is 0 Å². The van der Waals surface area contributed by atoms with Gasteiger partial charge in [-0.05, 0) is 38.3 Å². The van der Waals surface area contributed by atoms with Crippen molar-refractivity contribution >= 4 is 28.5 Å². The lowest BCUT2D eigenvalue weighted by Crippen LogP contribution is -2.40. The van der Waals surface area contributed by atoms with Crippen LogP contribution in [0.5, 0.6) is 0 Å². The molecule has 1 fully saturated rings. The number of para-hydroxylation sites is 1. The van der Waals surface area contributed by atoms with Crippen molar-refractivity contribution in [2.75, 3.05) is 36.5 Å². The number of piperidine rings is 1. The number of ether oxygens (including phenoxy) is 1. The highest BCUT2D eigenvalue weighted by molar-refractivity contribution is 5.90. The molecule has 8 heteroatoms. The van der Waals surface area contributed by atoms with Gasteiger partial charge in [-0.15, -0.1) is 0 Å². The Balaban J connectivity index is 1.79. The lowest BCUT2D eigenvalue weighted by atomic mass is 10.1. The van der Waals surface area contributed by atoms with Crippen molar-refractivity contribution in [1.29, 1.82) is 0 Å². The van der Waals surface area contributed by atoms with Gasteiger partial charge in [0.1, 0.15) is 11.0 Å². The minimum absolute atomic E-state index is 0.263. The molecule has 160 valence electrons. The number of rotatable bonds is 8. The first-order valence-electron chi connectivity index (χ1n) is 10.9. The van der Waals surface area contributed by atoms with Crippen molar-refractivity contribution in [3.8, 4) is 0 Å². The maximum Gasteiger partial charge on any atom is 0.228 e. The summed E-state index contributed by atoms with van der Waals surface area (Å²) in [5, 5.41) is 8.34. The molecule has 1 aliphatic rings. The first kappa shape index (κ1) is 20.6. The second-order valence-electron chi connectivity index (χ2n) is 7.61. The summed E-state index contributed by atoms with van der Waals surface area (Å²) >= 11 is 0. The highest BCUT2D eigenvalue weighted by Gasteiger charge is 2.23. The molecule has 0 saturated carbocycles. The molecule has 0 atom stereocenters. The normalized spacial score (nSPS) is 15.1. The quantitative estimate of drug-likeness (QED) is 0.552. The molecule has 0 aliphatic carbocycles. The van der Waals surface area contributed by atoms with Gasteiger partial charge in [-0.2, -0.15) is 10.1 Å². The molecule has 3 heterocycles. The van der Waals surface area contributed by atoms with Crippen LogP contribution in [0.15, 0.2) is 30.3 Å². The first-order chi connectivity index (χ1) is 14.7. The van der Waals surface area contributed by atoms with Gasteiger partial charge in [0, 0.05) is 31.4 Å². The van der Waals surface area contributed by atoms with Gasteiger partial charge in [0.15, 0.2) is 5.82 Å². The zero-order valence-corrected chi connectivity index (χ0v) is 17.8. The van der Waals surface area contributed by atoms with Crippen LogP contribution >= 0.6 is 0 Å². The fourth-order valence-corrected chi connectivity index (χ4v) is 3.81. The van der Waals surface area contributed by atoms with E-state index in [2.05, 4.69) is 17.1 Å². The largest absolute Gasteiger partial charge is 0.380 e. The molecule has 0 bridgehead atoms. The maximum absolute atomic E-state index is 6.10. The molecule has 0 amide bonds. The van der Waals surface area contributed by atoms with Crippen LogP contribution in [0.25, 0.3) is 11.0 Å². The van der Waals surface area contributed by atoms with E-state index in [4.69, 9.17) is 25.5 Å². The molecule has 3 N–H and O–H groups in total. The number of nitrogens with two attached hydrogens (primary N) is 1. The first-order valence-corrected chi connectivity index (χ1v) is 10.9. The van der Waals surface area contributed by atoms with E-state index >= 15 is 0 Å². The minimum Gasteiger partial charge on any atom is -0.380 e. The molecule has 2 aromatic heterocycles. The van der Waals surface area contributed by atoms with Gasteiger partial charge in [-0.1, -0.05) is 25.1 Å². The van der Waals surface area contributed by atoms with E-state index in [1.807, 2.05) is 41.9 Å². The van der Waals surface area contributed by atoms with Crippen LogP contribution in [0.3, 0.4) is 0 Å². The van der Waals surface area contributed by atoms with Crippen LogP contribution in [0.1, 0.15) is 32.4 Å². The van der Waals surface area contributed by atoms with Crippen LogP contribution in [-0.2, 0) is 17.7 Å². The van der Waals surface area contributed by atoms with Crippen molar-refractivity contribution < 1.29 is 4.74 Å². The highest BCUT2D eigenvalue weighted by Crippen LogP contribution is 2.30. The number of aromatic nitrogens is 4. The monoisotopic (exact) mass is 409 g/mol. The Morgan fingerprint density at radius 2 is 1.90 bits per heavy atom. The summed E-state index contributed by atoms with van der Waals surface area (Å²) in [6.45, 7) is 7.81. The predicted molar refractivity (Wildman–Crippen MR) is 120 cm³/mol. The van der Waals surface area contributed by atoms with E-state index in [1.165, 1.54) is 0 Å². The summed E-state index contributed by atoms with van der Waals surface area (Å²) in [5.74, 6) is 1.52. The lowest BCUT2D eigenvalue weighted by molar-refractivity contribution is 0.137. The SMILES string of the molecule is CCOCCn1nc(CC)c2nc(N3CCC(N)CC3)nc(Nc3ccccc3)c21. The van der Waals surface area contributed by atoms with Gasteiger partial charge >= 0.3 is 0 Å². The predicted octanol–water partition coefficient (Wildman–Crippen LogP) is 3.10. The van der Waals surface area contributed by atoms with Crippen molar-refractivity contribution in [2.24, 2.45) is 5.73 Å². The second-order valence-corrected chi connectivity index (χ2v) is 7.61. The van der Waals surface area contributed by atoms with Crippen molar-refractivity contribution in [1.82, 2.24) is 19.7 Å². The fourth-order valence-electron chi connectivity index (χ4n) is 3.81. The third kappa shape index (κ3) is 4.39. The summed E-state index contributed by atoms with van der Waals surface area (Å²) < 4.78 is 7.55. The van der Waals surface area contributed by atoms with E-state index in [-0.39, 0.29) is 6.04 Å². The zero-order valence-electron chi connectivity index (χ0n) is 17.8. The van der Waals surface area contributed by atoms with E-state index in [1.54, 1.807) is 0 Å². The van der Waals surface area contributed by atoms with Crippen LogP contribution in [0.4, 0.5) is 17.5 Å². The molecule has 1 aromatic carbocycles. The van der Waals surface area contributed by atoms with E-state index < -0.39 is 0 Å². The number of hydrogen-bond donors (Lipinski definition) is 2. The van der Waals surface area contributed by atoms with Crippen LogP contribution in [0, 0.1) is 0 Å². The summed E-state index contributed by atoms with van der Waals surface area (Å²) in [4.78, 5) is 12.1. The molecular weight excluding hydrogens is 378 g/mol. The molecule has 1 saturated heterocycles. The smallest absolute Gasteiger partial charge is 0.228 e. The zero-order chi connectivity index (χ0) is 20.9. The average molecular weight is 410 g/mol. The standard InChI is InChI=1S/C22H31N7O/c1-3-18-19-20(29(27-18)14-15-30-4-2)21(24-17-8-6-5-7-9-17)26-22(25-19)28-12-10-16(23)11-13-28/h5-9,16H,3-4,10-15,23H2,1-2H3,(H,24,25,26). The Hall–Kier alpha value is -2.71. The number of hydrogen-bond acceptors (Lipinski definition) is 7. The number of nitrogens with zero attached hydrogens (tertiary/aromatic N) is 5. The Kier molecular flexibility index (Phi) is 6.44. The molecule has 0 spiro atoms. The summed E-state index contributed by atoms with van der Waals surface area (Å²) in [6.07, 6.45) is 2.72. The third-order valence-corrected chi connectivity index (χ3v) is 5.49. The van der Waals surface area contributed by atoms with E-state index in [0.717, 1.165) is 66.5 Å². The molecule has 0 unspecified atom stereocenters. The van der Waals surface area contributed by atoms with Crippen molar-refractivity contribution in [3.63, 3.8) is 0 Å². The van der Waals surface area contributed by atoms with Crippen LogP contribution < -0.4 is 16.0 Å². The Morgan fingerprint density at radius 3 is 2.60 bits per heavy atom. The van der Waals surface area contributed by atoms with E-state index in [9.17, 15) is 0 Å². The molecule has 8 nitrogen and oxygen atoms in total. The molecule has 30 heavy (non-hydrogen) atoms. The second kappa shape index (κ2) is 9.40. The van der Waals surface area contributed by atoms with Gasteiger partial charge in [-0.3, -0.25) is 4.68 Å². The Labute approximate surface area is 177 Å². The van der Waals surface area contributed by atoms with Crippen LogP contribution in [0.2, 0.25) is 0 Å². The van der Waals surface area contributed by atoms with Crippen molar-refractivity contribution in [2.45, 2.75) is 45.7 Å². The molecule has 0 radical (unpaired) electrons. The lowest BCUT2D eigenvalue weighted by Gasteiger charge is -2.30.